The molecule has 0 aliphatic carbocycles. The van der Waals surface area contributed by atoms with Gasteiger partial charge in [0.25, 0.3) is 0 Å². The van der Waals surface area contributed by atoms with Gasteiger partial charge in [-0.1, -0.05) is 72.8 Å². The summed E-state index contributed by atoms with van der Waals surface area (Å²) in [5.74, 6) is 0.201. The van der Waals surface area contributed by atoms with E-state index in [2.05, 4.69) is 88.9 Å². The van der Waals surface area contributed by atoms with Crippen molar-refractivity contribution in [2.45, 2.75) is 0 Å². The summed E-state index contributed by atoms with van der Waals surface area (Å²) in [6.45, 7) is 0. The van der Waals surface area contributed by atoms with Crippen LogP contribution in [0.5, 0.6) is 5.75 Å². The molecule has 43 heavy (non-hydrogen) atoms. The minimum atomic E-state index is 0.201. The zero-order chi connectivity index (χ0) is 28.8. The Morgan fingerprint density at radius 3 is 1.63 bits per heavy atom. The fourth-order valence-electron chi connectivity index (χ4n) is 5.92. The van der Waals surface area contributed by atoms with E-state index < -0.39 is 0 Å². The van der Waals surface area contributed by atoms with Crippen LogP contribution in [-0.4, -0.2) is 25.0 Å². The van der Waals surface area contributed by atoms with Gasteiger partial charge in [-0.15, -0.1) is 0 Å². The highest BCUT2D eigenvalue weighted by Gasteiger charge is 2.16. The molecule has 5 nitrogen and oxygen atoms in total. The molecule has 2 aliphatic heterocycles. The summed E-state index contributed by atoms with van der Waals surface area (Å²) in [5, 5.41) is 10.5. The molecule has 0 unspecified atom stereocenters. The lowest BCUT2D eigenvalue weighted by Gasteiger charge is -2.06. The molecule has 0 saturated heterocycles. The topological polar surface area (TPSA) is 77.6 Å². The molecule has 204 valence electrons. The van der Waals surface area contributed by atoms with Crippen LogP contribution in [0.25, 0.3) is 79.8 Å². The van der Waals surface area contributed by atoms with Crippen LogP contribution >= 0.6 is 0 Å². The van der Waals surface area contributed by atoms with Crippen LogP contribution in [0.2, 0.25) is 0 Å². The monoisotopic (exact) mass is 554 g/mol. The average molecular weight is 555 g/mol. The van der Waals surface area contributed by atoms with E-state index >= 15 is 0 Å². The van der Waals surface area contributed by atoms with Crippen LogP contribution in [0.15, 0.2) is 115 Å². The number of phenolic OH excluding ortho intramolecular Hbond substituents is 1. The highest BCUT2D eigenvalue weighted by molar-refractivity contribution is 5.97. The fraction of sp³-hybridized carbons (Fsp3) is 0. The Morgan fingerprint density at radius 2 is 0.977 bits per heavy atom. The van der Waals surface area contributed by atoms with Crippen LogP contribution in [-0.2, 0) is 0 Å². The number of H-pyrrole nitrogens is 2. The molecule has 8 bridgehead atoms. The number of aromatic hydroxyl groups is 1. The fourth-order valence-corrected chi connectivity index (χ4v) is 5.92. The second kappa shape index (κ2) is 10.2. The Bertz CT molecular complexity index is 2200. The molecule has 0 atom stereocenters. The van der Waals surface area contributed by atoms with Crippen LogP contribution < -0.4 is 0 Å². The standard InChI is InChI=1S/C38H26N4O/c43-29-13-7-12-26(22-29)38-34-20-18-32(41-34)36(24-8-3-1-4-9-24)30-16-14-27(39-30)23-28-15-17-31(40-28)37(25-10-5-2-6-11-25)33-19-21-35(38)42-33/h1-23,39,42-43H. The summed E-state index contributed by atoms with van der Waals surface area (Å²) in [5.41, 5.74) is 13.1. The summed E-state index contributed by atoms with van der Waals surface area (Å²) in [6.07, 6.45) is 8.25. The summed E-state index contributed by atoms with van der Waals surface area (Å²) < 4.78 is 0. The van der Waals surface area contributed by atoms with Crippen LogP contribution in [0.1, 0.15) is 22.8 Å². The Balaban J connectivity index is 1.55. The second-order valence-electron chi connectivity index (χ2n) is 10.6. The number of aromatic amines is 2. The molecule has 0 fully saturated rings. The van der Waals surface area contributed by atoms with E-state index in [1.54, 1.807) is 12.1 Å². The molecule has 5 heterocycles. The van der Waals surface area contributed by atoms with Crippen molar-refractivity contribution in [3.05, 3.63) is 138 Å². The predicted octanol–water partition coefficient (Wildman–Crippen LogP) is 9.36. The molecular formula is C38H26N4O. The normalized spacial score (nSPS) is 12.1. The third-order valence-corrected chi connectivity index (χ3v) is 7.84. The summed E-state index contributed by atoms with van der Waals surface area (Å²) in [4.78, 5) is 17.6. The van der Waals surface area contributed by atoms with Gasteiger partial charge in [-0.3, -0.25) is 0 Å². The molecule has 5 heteroatoms. The summed E-state index contributed by atoms with van der Waals surface area (Å²) in [6, 6.07) is 38.4. The Kier molecular flexibility index (Phi) is 5.86. The van der Waals surface area contributed by atoms with Crippen LogP contribution in [0, 0.1) is 0 Å². The Morgan fingerprint density at radius 1 is 0.442 bits per heavy atom. The van der Waals surface area contributed by atoms with Crippen molar-refractivity contribution < 1.29 is 5.11 Å². The third-order valence-electron chi connectivity index (χ3n) is 7.84. The number of phenols is 1. The van der Waals surface area contributed by atoms with E-state index in [-0.39, 0.29) is 5.75 Å². The van der Waals surface area contributed by atoms with E-state index in [1.807, 2.05) is 48.5 Å². The van der Waals surface area contributed by atoms with Gasteiger partial charge in [0.05, 0.1) is 22.8 Å². The van der Waals surface area contributed by atoms with Crippen LogP contribution in [0.4, 0.5) is 0 Å². The van der Waals surface area contributed by atoms with Gasteiger partial charge < -0.3 is 15.1 Å². The first-order valence-corrected chi connectivity index (χ1v) is 14.2. The van der Waals surface area contributed by atoms with Gasteiger partial charge in [0.2, 0.25) is 0 Å². The highest BCUT2D eigenvalue weighted by atomic mass is 16.3. The molecule has 3 aromatic carbocycles. The smallest absolute Gasteiger partial charge is 0.116 e. The van der Waals surface area contributed by atoms with Crippen molar-refractivity contribution >= 4 is 46.4 Å². The van der Waals surface area contributed by atoms with Crippen molar-refractivity contribution in [3.63, 3.8) is 0 Å². The first-order valence-electron chi connectivity index (χ1n) is 14.2. The number of rotatable bonds is 3. The molecular weight excluding hydrogens is 528 g/mol. The molecule has 0 amide bonds. The van der Waals surface area contributed by atoms with Crippen molar-refractivity contribution in [2.75, 3.05) is 0 Å². The predicted molar refractivity (Wildman–Crippen MR) is 177 cm³/mol. The van der Waals surface area contributed by atoms with E-state index in [0.29, 0.717) is 0 Å². The van der Waals surface area contributed by atoms with Gasteiger partial charge in [0.1, 0.15) is 5.75 Å². The largest absolute Gasteiger partial charge is 0.508 e. The quantitative estimate of drug-likeness (QED) is 0.204. The number of benzene rings is 3. The molecule has 0 saturated carbocycles. The number of fused-ring (bicyclic) bond motifs is 8. The van der Waals surface area contributed by atoms with E-state index in [9.17, 15) is 5.11 Å². The molecule has 2 aliphatic rings. The Hall–Kier alpha value is -5.94. The summed E-state index contributed by atoms with van der Waals surface area (Å²) >= 11 is 0. The van der Waals surface area contributed by atoms with Gasteiger partial charge in [-0.2, -0.15) is 0 Å². The van der Waals surface area contributed by atoms with Crippen molar-refractivity contribution in [1.29, 1.82) is 0 Å². The van der Waals surface area contributed by atoms with E-state index in [0.717, 1.165) is 78.2 Å². The van der Waals surface area contributed by atoms with Gasteiger partial charge in [-0.05, 0) is 83.5 Å². The minimum absolute atomic E-state index is 0.201. The zero-order valence-corrected chi connectivity index (χ0v) is 23.1. The first kappa shape index (κ1) is 24.8. The molecule has 8 rings (SSSR count). The van der Waals surface area contributed by atoms with E-state index in [1.165, 1.54) is 0 Å². The number of nitrogens with one attached hydrogen (secondary N) is 2. The average Bonchev–Trinajstić information content (AvgIpc) is 3.85. The maximum atomic E-state index is 10.5. The van der Waals surface area contributed by atoms with Crippen molar-refractivity contribution in [1.82, 2.24) is 19.9 Å². The molecule has 0 radical (unpaired) electrons. The van der Waals surface area contributed by atoms with Crippen LogP contribution in [0.3, 0.4) is 0 Å². The van der Waals surface area contributed by atoms with Gasteiger partial charge in [-0.25, -0.2) is 9.97 Å². The van der Waals surface area contributed by atoms with Gasteiger partial charge >= 0.3 is 0 Å². The molecule has 3 aromatic heterocycles. The lowest BCUT2D eigenvalue weighted by molar-refractivity contribution is 0.475. The van der Waals surface area contributed by atoms with E-state index in [4.69, 9.17) is 9.97 Å². The molecule has 0 spiro atoms. The maximum absolute atomic E-state index is 10.5. The number of aromatic nitrogens is 4. The number of hydrogen-bond donors (Lipinski definition) is 3. The first-order chi connectivity index (χ1) is 21.2. The molecule has 3 N–H and O–H groups in total. The van der Waals surface area contributed by atoms with Gasteiger partial charge in [0.15, 0.2) is 0 Å². The van der Waals surface area contributed by atoms with Crippen molar-refractivity contribution in [2.24, 2.45) is 0 Å². The summed E-state index contributed by atoms with van der Waals surface area (Å²) in [7, 11) is 0. The van der Waals surface area contributed by atoms with Crippen molar-refractivity contribution in [3.8, 4) is 39.1 Å². The lowest BCUT2D eigenvalue weighted by atomic mass is 10.0. The Labute approximate surface area is 248 Å². The zero-order valence-electron chi connectivity index (χ0n) is 23.1. The minimum Gasteiger partial charge on any atom is -0.508 e. The lowest BCUT2D eigenvalue weighted by Crippen LogP contribution is -1.88. The third kappa shape index (κ3) is 4.53. The van der Waals surface area contributed by atoms with Gasteiger partial charge in [0, 0.05) is 38.8 Å². The highest BCUT2D eigenvalue weighted by Crippen LogP contribution is 2.36. The number of nitrogens with zero attached hydrogens (tertiary/aromatic N) is 2. The molecule has 6 aromatic rings. The SMILES string of the molecule is Oc1cccc(-c2c3nc(c(-c4ccccc4)c4ccc(cc5nc(c(-c6ccccc6)c6ccc2[nH]6)C=C5)[nH]4)C=C3)c1. The second-order valence-corrected chi connectivity index (χ2v) is 10.6. The number of hydrogen-bond acceptors (Lipinski definition) is 3. The maximum Gasteiger partial charge on any atom is 0.116 e.